The first-order valence-electron chi connectivity index (χ1n) is 4.21. The summed E-state index contributed by atoms with van der Waals surface area (Å²) in [6, 6.07) is 0.969. The molecule has 0 aliphatic rings. The van der Waals surface area contributed by atoms with Crippen LogP contribution in [0.4, 0.5) is 15.8 Å². The number of nitrogens with two attached hydrogens (primary N) is 1. The molecular weight excluding hydrogens is 219 g/mol. The van der Waals surface area contributed by atoms with Crippen LogP contribution in [0.2, 0.25) is 0 Å². The summed E-state index contributed by atoms with van der Waals surface area (Å²) in [7, 11) is 1.04. The average Bonchev–Trinajstić information content (AvgIpc) is 2.22. The number of hydrogen-bond donors (Lipinski definition) is 1. The predicted octanol–water partition coefficient (Wildman–Crippen LogP) is 1.41. The Hall–Kier alpha value is -2.18. The monoisotopic (exact) mass is 228 g/mol. The Morgan fingerprint density at radius 2 is 2.19 bits per heavy atom. The van der Waals surface area contributed by atoms with Crippen molar-refractivity contribution in [3.8, 4) is 0 Å². The van der Waals surface area contributed by atoms with Crippen molar-refractivity contribution in [2.45, 2.75) is 6.92 Å². The third kappa shape index (κ3) is 1.79. The molecular formula is C9H9FN2O4. The van der Waals surface area contributed by atoms with Crippen LogP contribution >= 0.6 is 0 Å². The lowest BCUT2D eigenvalue weighted by molar-refractivity contribution is -0.387. The molecule has 0 spiro atoms. The first kappa shape index (κ1) is 11.9. The van der Waals surface area contributed by atoms with E-state index in [0.29, 0.717) is 0 Å². The van der Waals surface area contributed by atoms with E-state index in [1.165, 1.54) is 6.92 Å². The summed E-state index contributed by atoms with van der Waals surface area (Å²) in [5.74, 6) is -2.32. The molecule has 1 aromatic rings. The second-order valence-corrected chi connectivity index (χ2v) is 3.06. The van der Waals surface area contributed by atoms with Gasteiger partial charge in [0.25, 0.3) is 0 Å². The molecule has 1 rings (SSSR count). The van der Waals surface area contributed by atoms with E-state index in [1.807, 2.05) is 0 Å². The maximum Gasteiger partial charge on any atom is 0.343 e. The lowest BCUT2D eigenvalue weighted by atomic mass is 10.1. The van der Waals surface area contributed by atoms with Gasteiger partial charge in [0.05, 0.1) is 17.7 Å². The van der Waals surface area contributed by atoms with Gasteiger partial charge in [0.2, 0.25) is 5.82 Å². The Morgan fingerprint density at radius 3 is 2.62 bits per heavy atom. The molecule has 0 aliphatic carbocycles. The highest BCUT2D eigenvalue weighted by Crippen LogP contribution is 2.29. The quantitative estimate of drug-likeness (QED) is 0.357. The van der Waals surface area contributed by atoms with Crippen molar-refractivity contribution in [3.63, 3.8) is 0 Å². The molecule has 6 nitrogen and oxygen atoms in total. The second kappa shape index (κ2) is 4.13. The summed E-state index contributed by atoms with van der Waals surface area (Å²) >= 11 is 0. The van der Waals surface area contributed by atoms with Gasteiger partial charge in [-0.05, 0) is 12.5 Å². The van der Waals surface area contributed by atoms with Crippen LogP contribution in [-0.4, -0.2) is 18.0 Å². The summed E-state index contributed by atoms with van der Waals surface area (Å²) in [6.07, 6.45) is 0. The maximum atomic E-state index is 13.6. The fraction of sp³-hybridized carbons (Fsp3) is 0.222. The third-order valence-electron chi connectivity index (χ3n) is 2.08. The molecule has 0 atom stereocenters. The summed E-state index contributed by atoms with van der Waals surface area (Å²) in [4.78, 5) is 20.8. The minimum atomic E-state index is -1.28. The zero-order chi connectivity index (χ0) is 12.5. The van der Waals surface area contributed by atoms with Crippen molar-refractivity contribution in [3.05, 3.63) is 33.1 Å². The van der Waals surface area contributed by atoms with E-state index in [2.05, 4.69) is 4.74 Å². The number of nitro groups is 1. The molecule has 7 heteroatoms. The predicted molar refractivity (Wildman–Crippen MR) is 53.5 cm³/mol. The van der Waals surface area contributed by atoms with Gasteiger partial charge in [0, 0.05) is 6.07 Å². The Kier molecular flexibility index (Phi) is 3.07. The Morgan fingerprint density at radius 1 is 1.62 bits per heavy atom. The van der Waals surface area contributed by atoms with Crippen LogP contribution in [0.15, 0.2) is 6.07 Å². The average molecular weight is 228 g/mol. The van der Waals surface area contributed by atoms with Crippen LogP contribution in [-0.2, 0) is 4.74 Å². The van der Waals surface area contributed by atoms with Crippen molar-refractivity contribution >= 4 is 17.3 Å². The second-order valence-electron chi connectivity index (χ2n) is 3.06. The molecule has 2 N–H and O–H groups in total. The van der Waals surface area contributed by atoms with Gasteiger partial charge in [-0.25, -0.2) is 4.79 Å². The highest BCUT2D eigenvalue weighted by Gasteiger charge is 2.27. The number of aryl methyl sites for hydroxylation is 1. The molecule has 0 bridgehead atoms. The molecule has 0 unspecified atom stereocenters. The van der Waals surface area contributed by atoms with E-state index < -0.39 is 28.0 Å². The summed E-state index contributed by atoms with van der Waals surface area (Å²) in [5, 5.41) is 10.5. The Labute approximate surface area is 90.0 Å². The first-order chi connectivity index (χ1) is 7.40. The van der Waals surface area contributed by atoms with Crippen molar-refractivity contribution in [1.29, 1.82) is 0 Å². The largest absolute Gasteiger partial charge is 0.465 e. The van der Waals surface area contributed by atoms with Crippen molar-refractivity contribution in [1.82, 2.24) is 0 Å². The molecule has 0 radical (unpaired) electrons. The number of ether oxygens (including phenoxy) is 1. The highest BCUT2D eigenvalue weighted by molar-refractivity contribution is 5.97. The van der Waals surface area contributed by atoms with E-state index in [-0.39, 0.29) is 11.3 Å². The fourth-order valence-corrected chi connectivity index (χ4v) is 1.22. The fourth-order valence-electron chi connectivity index (χ4n) is 1.22. The summed E-state index contributed by atoms with van der Waals surface area (Å²) < 4.78 is 17.9. The number of carbonyl (C=O) groups excluding carboxylic acids is 1. The number of anilines is 1. The molecule has 0 saturated carbocycles. The zero-order valence-corrected chi connectivity index (χ0v) is 8.61. The van der Waals surface area contributed by atoms with E-state index in [1.54, 1.807) is 0 Å². The number of rotatable bonds is 2. The standard InChI is InChI=1S/C9H9FN2O4/c1-4-3-5(12(14)15)7(10)6(8(4)11)9(13)16-2/h3H,11H2,1-2H3. The van der Waals surface area contributed by atoms with Crippen LogP contribution in [0.3, 0.4) is 0 Å². The van der Waals surface area contributed by atoms with E-state index in [0.717, 1.165) is 13.2 Å². The van der Waals surface area contributed by atoms with E-state index >= 15 is 0 Å². The smallest absolute Gasteiger partial charge is 0.343 e. The van der Waals surface area contributed by atoms with Crippen molar-refractivity contribution in [2.24, 2.45) is 0 Å². The number of nitro benzene ring substituents is 1. The van der Waals surface area contributed by atoms with Gasteiger partial charge in [-0.3, -0.25) is 10.1 Å². The summed E-state index contributed by atoms with van der Waals surface area (Å²) in [6.45, 7) is 1.44. The SMILES string of the molecule is COC(=O)c1c(N)c(C)cc([N+](=O)[O-])c1F. The van der Waals surface area contributed by atoms with Crippen LogP contribution in [0.25, 0.3) is 0 Å². The number of nitrogen functional groups attached to an aromatic ring is 1. The zero-order valence-electron chi connectivity index (χ0n) is 8.61. The molecule has 16 heavy (non-hydrogen) atoms. The van der Waals surface area contributed by atoms with Crippen LogP contribution in [0.5, 0.6) is 0 Å². The topological polar surface area (TPSA) is 95.5 Å². The minimum Gasteiger partial charge on any atom is -0.465 e. The van der Waals surface area contributed by atoms with E-state index in [4.69, 9.17) is 5.73 Å². The number of carbonyl (C=O) groups is 1. The van der Waals surface area contributed by atoms with Gasteiger partial charge < -0.3 is 10.5 Å². The van der Waals surface area contributed by atoms with Gasteiger partial charge in [0.1, 0.15) is 5.56 Å². The minimum absolute atomic E-state index is 0.157. The number of methoxy groups -OCH3 is 1. The molecule has 86 valence electrons. The Bertz CT molecular complexity index is 473. The number of benzene rings is 1. The Balaban J connectivity index is 3.58. The van der Waals surface area contributed by atoms with Crippen LogP contribution in [0, 0.1) is 22.9 Å². The molecule has 1 aromatic carbocycles. The van der Waals surface area contributed by atoms with Crippen molar-refractivity contribution < 1.29 is 18.8 Å². The molecule has 0 heterocycles. The van der Waals surface area contributed by atoms with E-state index in [9.17, 15) is 19.3 Å². The van der Waals surface area contributed by atoms with Gasteiger partial charge >= 0.3 is 11.7 Å². The first-order valence-corrected chi connectivity index (χ1v) is 4.21. The molecule has 0 amide bonds. The number of nitrogens with zero attached hydrogens (tertiary/aromatic N) is 1. The molecule has 0 aliphatic heterocycles. The lowest BCUT2D eigenvalue weighted by Gasteiger charge is -2.08. The van der Waals surface area contributed by atoms with Crippen LogP contribution in [0.1, 0.15) is 15.9 Å². The van der Waals surface area contributed by atoms with Gasteiger partial charge in [0.15, 0.2) is 0 Å². The molecule has 0 saturated heterocycles. The highest BCUT2D eigenvalue weighted by atomic mass is 19.1. The maximum absolute atomic E-state index is 13.6. The van der Waals surface area contributed by atoms with Crippen LogP contribution < -0.4 is 5.73 Å². The number of esters is 1. The van der Waals surface area contributed by atoms with Gasteiger partial charge in [-0.15, -0.1) is 0 Å². The van der Waals surface area contributed by atoms with Gasteiger partial charge in [-0.2, -0.15) is 4.39 Å². The number of hydrogen-bond acceptors (Lipinski definition) is 5. The van der Waals surface area contributed by atoms with Gasteiger partial charge in [-0.1, -0.05) is 0 Å². The normalized spacial score (nSPS) is 9.94. The van der Waals surface area contributed by atoms with Crippen molar-refractivity contribution in [2.75, 3.05) is 12.8 Å². The lowest BCUT2D eigenvalue weighted by Crippen LogP contribution is -2.11. The molecule has 0 fully saturated rings. The third-order valence-corrected chi connectivity index (χ3v) is 2.08. The number of halogens is 1. The summed E-state index contributed by atoms with van der Waals surface area (Å²) in [5.41, 5.74) is 4.15. The molecule has 0 aromatic heterocycles.